The SMILES string of the molecule is Cc1cc(C#N)ccc1-n1ncc(C(=O)NC2=CC(Cl)=C(n3nccn3)NC2)c1C(F)(F)F. The van der Waals surface area contributed by atoms with Gasteiger partial charge in [0.15, 0.2) is 11.5 Å². The number of aromatic nitrogens is 5. The Bertz CT molecular complexity index is 1330. The number of allylic oxidation sites excluding steroid dienone is 2. The lowest BCUT2D eigenvalue weighted by Gasteiger charge is -2.19. The Morgan fingerprint density at radius 2 is 2.00 bits per heavy atom. The molecule has 0 atom stereocenters. The Hall–Kier alpha value is -4.11. The molecule has 3 heterocycles. The first-order valence-electron chi connectivity index (χ1n) is 9.37. The summed E-state index contributed by atoms with van der Waals surface area (Å²) < 4.78 is 42.5. The van der Waals surface area contributed by atoms with Crippen molar-refractivity contribution in [2.24, 2.45) is 0 Å². The van der Waals surface area contributed by atoms with E-state index in [-0.39, 0.29) is 23.0 Å². The third kappa shape index (κ3) is 4.31. The van der Waals surface area contributed by atoms with E-state index in [1.165, 1.54) is 41.5 Å². The highest BCUT2D eigenvalue weighted by molar-refractivity contribution is 6.33. The number of dihydropyridines is 1. The summed E-state index contributed by atoms with van der Waals surface area (Å²) in [5, 5.41) is 26.2. The molecule has 0 bridgehead atoms. The van der Waals surface area contributed by atoms with E-state index in [0.29, 0.717) is 21.6 Å². The van der Waals surface area contributed by atoms with Crippen molar-refractivity contribution in [2.75, 3.05) is 6.54 Å². The number of alkyl halides is 3. The van der Waals surface area contributed by atoms with Gasteiger partial charge in [-0.25, -0.2) is 4.68 Å². The van der Waals surface area contributed by atoms with Gasteiger partial charge in [0.2, 0.25) is 0 Å². The van der Waals surface area contributed by atoms with Gasteiger partial charge in [0.1, 0.15) is 0 Å². The Kier molecular flexibility index (Phi) is 5.65. The van der Waals surface area contributed by atoms with Gasteiger partial charge < -0.3 is 10.6 Å². The summed E-state index contributed by atoms with van der Waals surface area (Å²) in [6, 6.07) is 6.09. The molecule has 4 rings (SSSR count). The number of halogens is 4. The van der Waals surface area contributed by atoms with E-state index in [1.807, 2.05) is 6.07 Å². The largest absolute Gasteiger partial charge is 0.434 e. The summed E-state index contributed by atoms with van der Waals surface area (Å²) in [4.78, 5) is 14.0. The maximum atomic E-state index is 13.9. The monoisotopic (exact) mass is 474 g/mol. The highest BCUT2D eigenvalue weighted by atomic mass is 35.5. The topological polar surface area (TPSA) is 113 Å². The van der Waals surface area contributed by atoms with Crippen LogP contribution >= 0.6 is 11.6 Å². The number of hydrogen-bond donors (Lipinski definition) is 2. The van der Waals surface area contributed by atoms with Crippen LogP contribution < -0.4 is 10.6 Å². The van der Waals surface area contributed by atoms with Crippen LogP contribution in [0.1, 0.15) is 27.2 Å². The zero-order valence-electron chi connectivity index (χ0n) is 16.9. The van der Waals surface area contributed by atoms with Gasteiger partial charge in [-0.05, 0) is 36.8 Å². The zero-order chi connectivity index (χ0) is 23.8. The molecule has 1 amide bonds. The van der Waals surface area contributed by atoms with Gasteiger partial charge in [0, 0.05) is 5.70 Å². The summed E-state index contributed by atoms with van der Waals surface area (Å²) in [7, 11) is 0. The standard InChI is InChI=1S/C20H14ClF3N8O/c1-11-6-12(8-25)2-3-16(11)31-17(20(22,23)24)14(10-29-31)19(33)30-13-7-15(21)18(26-9-13)32-27-4-5-28-32/h2-7,10,26H,9H2,1H3,(H,30,33). The average molecular weight is 475 g/mol. The summed E-state index contributed by atoms with van der Waals surface area (Å²) >= 11 is 6.20. The van der Waals surface area contributed by atoms with Crippen LogP contribution in [-0.4, -0.2) is 37.2 Å². The number of carbonyl (C=O) groups is 1. The fraction of sp³-hybridized carbons (Fsp3) is 0.150. The lowest BCUT2D eigenvalue weighted by Crippen LogP contribution is -2.34. The Balaban J connectivity index is 1.67. The normalized spacial score (nSPS) is 13.9. The Morgan fingerprint density at radius 1 is 1.27 bits per heavy atom. The number of aryl methyl sites for hydroxylation is 1. The van der Waals surface area contributed by atoms with E-state index in [2.05, 4.69) is 25.9 Å². The van der Waals surface area contributed by atoms with Crippen LogP contribution in [0.15, 0.2) is 53.6 Å². The van der Waals surface area contributed by atoms with Crippen molar-refractivity contribution in [3.63, 3.8) is 0 Å². The Labute approximate surface area is 189 Å². The molecular formula is C20H14ClF3N8O. The van der Waals surface area contributed by atoms with Crippen molar-refractivity contribution in [1.29, 1.82) is 5.26 Å². The maximum absolute atomic E-state index is 13.9. The fourth-order valence-electron chi connectivity index (χ4n) is 3.26. The molecule has 0 fully saturated rings. The molecule has 0 saturated heterocycles. The number of amides is 1. The number of nitrogens with zero attached hydrogens (tertiary/aromatic N) is 6. The second-order valence-corrected chi connectivity index (χ2v) is 7.33. The predicted octanol–water partition coefficient (Wildman–Crippen LogP) is 2.94. The zero-order valence-corrected chi connectivity index (χ0v) is 17.6. The first kappa shape index (κ1) is 22.1. The maximum Gasteiger partial charge on any atom is 0.434 e. The number of nitriles is 1. The second kappa shape index (κ2) is 8.44. The van der Waals surface area contributed by atoms with Gasteiger partial charge in [-0.3, -0.25) is 4.79 Å². The molecule has 0 spiro atoms. The molecule has 168 valence electrons. The minimum atomic E-state index is -4.88. The Morgan fingerprint density at radius 3 is 2.61 bits per heavy atom. The van der Waals surface area contributed by atoms with Crippen molar-refractivity contribution in [2.45, 2.75) is 13.1 Å². The van der Waals surface area contributed by atoms with Gasteiger partial charge >= 0.3 is 6.18 Å². The molecule has 1 aliphatic rings. The van der Waals surface area contributed by atoms with E-state index in [4.69, 9.17) is 16.9 Å². The molecule has 0 aliphatic carbocycles. The summed E-state index contributed by atoms with van der Waals surface area (Å²) in [6.07, 6.45) is 0.275. The number of hydrogen-bond acceptors (Lipinski definition) is 6. The van der Waals surface area contributed by atoms with Crippen molar-refractivity contribution in [3.8, 4) is 11.8 Å². The first-order chi connectivity index (χ1) is 15.7. The second-order valence-electron chi connectivity index (χ2n) is 6.92. The molecule has 1 aliphatic heterocycles. The molecule has 33 heavy (non-hydrogen) atoms. The summed E-state index contributed by atoms with van der Waals surface area (Å²) in [5.74, 6) is -0.641. The van der Waals surface area contributed by atoms with E-state index >= 15 is 0 Å². The van der Waals surface area contributed by atoms with E-state index in [0.717, 1.165) is 6.20 Å². The molecule has 13 heteroatoms. The van der Waals surface area contributed by atoms with Crippen LogP contribution in [0.25, 0.3) is 11.5 Å². The molecule has 9 nitrogen and oxygen atoms in total. The van der Waals surface area contributed by atoms with Crippen LogP contribution in [0.5, 0.6) is 0 Å². The van der Waals surface area contributed by atoms with Crippen LogP contribution in [0, 0.1) is 18.3 Å². The number of nitrogens with one attached hydrogen (secondary N) is 2. The molecule has 3 aromatic rings. The van der Waals surface area contributed by atoms with E-state index < -0.39 is 23.3 Å². The lowest BCUT2D eigenvalue weighted by atomic mass is 10.1. The number of benzene rings is 1. The van der Waals surface area contributed by atoms with Crippen molar-refractivity contribution in [3.05, 3.63) is 76.0 Å². The minimum Gasteiger partial charge on any atom is -0.362 e. The minimum absolute atomic E-state index is 0.0725. The molecule has 0 unspecified atom stereocenters. The highest BCUT2D eigenvalue weighted by Gasteiger charge is 2.41. The van der Waals surface area contributed by atoms with Gasteiger partial charge in [0.25, 0.3) is 5.91 Å². The summed E-state index contributed by atoms with van der Waals surface area (Å²) in [6.45, 7) is 1.62. The number of carbonyl (C=O) groups excluding carboxylic acids is 1. The molecule has 0 radical (unpaired) electrons. The van der Waals surface area contributed by atoms with Gasteiger partial charge in [0.05, 0.1) is 53.1 Å². The van der Waals surface area contributed by atoms with Crippen molar-refractivity contribution < 1.29 is 18.0 Å². The van der Waals surface area contributed by atoms with Gasteiger partial charge in [-0.15, -0.1) is 4.80 Å². The smallest absolute Gasteiger partial charge is 0.362 e. The third-order valence-electron chi connectivity index (χ3n) is 4.70. The summed E-state index contributed by atoms with van der Waals surface area (Å²) in [5.41, 5.74) is -0.864. The highest BCUT2D eigenvalue weighted by Crippen LogP contribution is 2.34. The van der Waals surface area contributed by atoms with Crippen LogP contribution in [0.4, 0.5) is 13.2 Å². The van der Waals surface area contributed by atoms with Crippen molar-refractivity contribution >= 4 is 23.3 Å². The quantitative estimate of drug-likeness (QED) is 0.601. The van der Waals surface area contributed by atoms with Gasteiger partial charge in [-0.2, -0.15) is 33.7 Å². The molecule has 1 aromatic carbocycles. The average Bonchev–Trinajstić information content (AvgIpc) is 3.43. The molecule has 0 saturated carbocycles. The lowest BCUT2D eigenvalue weighted by molar-refractivity contribution is -0.143. The third-order valence-corrected chi connectivity index (χ3v) is 4.99. The van der Waals surface area contributed by atoms with Gasteiger partial charge in [-0.1, -0.05) is 11.6 Å². The first-order valence-corrected chi connectivity index (χ1v) is 9.75. The molecule has 2 aromatic heterocycles. The van der Waals surface area contributed by atoms with E-state index in [9.17, 15) is 18.0 Å². The van der Waals surface area contributed by atoms with Crippen LogP contribution in [0.3, 0.4) is 0 Å². The number of rotatable bonds is 4. The van der Waals surface area contributed by atoms with Crippen molar-refractivity contribution in [1.82, 2.24) is 35.4 Å². The molecule has 2 N–H and O–H groups in total. The fourth-order valence-corrected chi connectivity index (χ4v) is 3.53. The van der Waals surface area contributed by atoms with Crippen LogP contribution in [0.2, 0.25) is 0 Å². The predicted molar refractivity (Wildman–Crippen MR) is 111 cm³/mol. The molecular weight excluding hydrogens is 461 g/mol. The van der Waals surface area contributed by atoms with E-state index in [1.54, 1.807) is 6.92 Å². The van der Waals surface area contributed by atoms with Crippen LogP contribution in [-0.2, 0) is 6.18 Å².